The van der Waals surface area contributed by atoms with Crippen LogP contribution in [-0.4, -0.2) is 34.2 Å². The van der Waals surface area contributed by atoms with Gasteiger partial charge in [-0.15, -0.1) is 0 Å². The molecule has 10 heteroatoms. The molecule has 0 unspecified atom stereocenters. The standard InChI is InChI=1S/C24H21F3N4O3/c1-14(32)20-3-2-12-31(20)21-13-19(22(28)33)29-23(30-21)15-4-8-17(9-5-15)34-18-10-6-16(7-11-18)24(25,26)27/h4-11,13,20H,2-3,12H2,1H3,(H2,28,33)/t20-/m0/s1. The van der Waals surface area contributed by atoms with Crippen molar-refractivity contribution in [3.05, 3.63) is 65.9 Å². The summed E-state index contributed by atoms with van der Waals surface area (Å²) in [6, 6.07) is 12.1. The molecule has 1 aliphatic rings. The lowest BCUT2D eigenvalue weighted by Crippen LogP contribution is -2.35. The van der Waals surface area contributed by atoms with E-state index in [0.29, 0.717) is 30.1 Å². The summed E-state index contributed by atoms with van der Waals surface area (Å²) in [5.74, 6) is 0.641. The molecule has 4 rings (SSSR count). The number of alkyl halides is 3. The molecule has 1 fully saturated rings. The second kappa shape index (κ2) is 9.12. The summed E-state index contributed by atoms with van der Waals surface area (Å²) in [4.78, 5) is 34.5. The minimum absolute atomic E-state index is 0.0167. The van der Waals surface area contributed by atoms with Gasteiger partial charge in [-0.2, -0.15) is 13.2 Å². The van der Waals surface area contributed by atoms with Gasteiger partial charge >= 0.3 is 6.18 Å². The van der Waals surface area contributed by atoms with Gasteiger partial charge in [0.25, 0.3) is 5.91 Å². The molecule has 0 radical (unpaired) electrons. The zero-order valence-corrected chi connectivity index (χ0v) is 18.2. The average molecular weight is 470 g/mol. The number of nitrogens with two attached hydrogens (primary N) is 1. The first-order valence-electron chi connectivity index (χ1n) is 10.5. The van der Waals surface area contributed by atoms with E-state index in [1.165, 1.54) is 25.1 Å². The molecular formula is C24H21F3N4O3. The van der Waals surface area contributed by atoms with Crippen LogP contribution < -0.4 is 15.4 Å². The fourth-order valence-electron chi connectivity index (χ4n) is 3.82. The second-order valence-electron chi connectivity index (χ2n) is 7.91. The van der Waals surface area contributed by atoms with Gasteiger partial charge < -0.3 is 15.4 Å². The summed E-state index contributed by atoms with van der Waals surface area (Å²) in [6.45, 7) is 2.15. The van der Waals surface area contributed by atoms with Gasteiger partial charge in [0.2, 0.25) is 0 Å². The van der Waals surface area contributed by atoms with Gasteiger partial charge in [0, 0.05) is 18.2 Å². The fourth-order valence-corrected chi connectivity index (χ4v) is 3.82. The predicted octanol–water partition coefficient (Wildman–Crippen LogP) is 4.61. The van der Waals surface area contributed by atoms with Gasteiger partial charge in [-0.1, -0.05) is 0 Å². The smallest absolute Gasteiger partial charge is 0.416 e. The van der Waals surface area contributed by atoms with E-state index in [4.69, 9.17) is 10.5 Å². The molecule has 1 amide bonds. The minimum atomic E-state index is -4.42. The van der Waals surface area contributed by atoms with Crippen molar-refractivity contribution in [2.45, 2.75) is 32.0 Å². The van der Waals surface area contributed by atoms with Gasteiger partial charge in [0.05, 0.1) is 11.6 Å². The SMILES string of the molecule is CC(=O)[C@@H]1CCCN1c1cc(C(N)=O)nc(-c2ccc(Oc3ccc(C(F)(F)F)cc3)cc2)n1. The molecular weight excluding hydrogens is 449 g/mol. The topological polar surface area (TPSA) is 98.4 Å². The first-order chi connectivity index (χ1) is 16.1. The number of halogens is 3. The van der Waals surface area contributed by atoms with Crippen molar-refractivity contribution in [3.63, 3.8) is 0 Å². The molecule has 1 atom stereocenters. The molecule has 2 aromatic carbocycles. The lowest BCUT2D eigenvalue weighted by molar-refractivity contribution is -0.137. The van der Waals surface area contributed by atoms with E-state index in [9.17, 15) is 22.8 Å². The normalized spacial score (nSPS) is 15.9. The van der Waals surface area contributed by atoms with Crippen molar-refractivity contribution < 1.29 is 27.5 Å². The Balaban J connectivity index is 1.59. The van der Waals surface area contributed by atoms with Gasteiger partial charge in [-0.05, 0) is 68.3 Å². The first-order valence-corrected chi connectivity index (χ1v) is 10.5. The number of anilines is 1. The molecule has 7 nitrogen and oxygen atoms in total. The predicted molar refractivity (Wildman–Crippen MR) is 119 cm³/mol. The highest BCUT2D eigenvalue weighted by Crippen LogP contribution is 2.32. The number of primary amides is 1. The maximum atomic E-state index is 12.7. The van der Waals surface area contributed by atoms with Crippen LogP contribution in [0.3, 0.4) is 0 Å². The maximum Gasteiger partial charge on any atom is 0.416 e. The summed E-state index contributed by atoms with van der Waals surface area (Å²) in [6.07, 6.45) is -2.89. The van der Waals surface area contributed by atoms with Crippen molar-refractivity contribution in [1.82, 2.24) is 9.97 Å². The molecule has 2 N–H and O–H groups in total. The number of Topliss-reactive ketones (excluding diaryl/α,β-unsaturated/α-hetero) is 1. The number of aromatic nitrogens is 2. The molecule has 0 aliphatic carbocycles. The number of amides is 1. The highest BCUT2D eigenvalue weighted by molar-refractivity contribution is 5.92. The van der Waals surface area contributed by atoms with E-state index in [2.05, 4.69) is 9.97 Å². The summed E-state index contributed by atoms with van der Waals surface area (Å²) in [5, 5.41) is 0. The third kappa shape index (κ3) is 5.00. The molecule has 1 aromatic heterocycles. The molecule has 2 heterocycles. The Labute approximate surface area is 193 Å². The van der Waals surface area contributed by atoms with Crippen LogP contribution >= 0.6 is 0 Å². The third-order valence-corrected chi connectivity index (χ3v) is 5.51. The number of hydrogen-bond donors (Lipinski definition) is 1. The first kappa shape index (κ1) is 23.2. The summed E-state index contributed by atoms with van der Waals surface area (Å²) >= 11 is 0. The Hall–Kier alpha value is -3.95. The number of benzene rings is 2. The van der Waals surface area contributed by atoms with Crippen LogP contribution in [0.5, 0.6) is 11.5 Å². The molecule has 0 bridgehead atoms. The van der Waals surface area contributed by atoms with Gasteiger partial charge in [-0.25, -0.2) is 9.97 Å². The number of ketones is 1. The van der Waals surface area contributed by atoms with Crippen molar-refractivity contribution in [2.24, 2.45) is 5.73 Å². The number of carbonyl (C=O) groups excluding carboxylic acids is 2. The van der Waals surface area contributed by atoms with E-state index in [0.717, 1.165) is 18.6 Å². The number of rotatable bonds is 6. The number of nitrogens with zero attached hydrogens (tertiary/aromatic N) is 3. The Morgan fingerprint density at radius 1 is 1.03 bits per heavy atom. The minimum Gasteiger partial charge on any atom is -0.457 e. The second-order valence-corrected chi connectivity index (χ2v) is 7.91. The highest BCUT2D eigenvalue weighted by Gasteiger charge is 2.31. The Bertz CT molecular complexity index is 1210. The Morgan fingerprint density at radius 2 is 1.65 bits per heavy atom. The zero-order chi connectivity index (χ0) is 24.5. The third-order valence-electron chi connectivity index (χ3n) is 5.51. The molecule has 3 aromatic rings. The van der Waals surface area contributed by atoms with Crippen LogP contribution in [0.25, 0.3) is 11.4 Å². The van der Waals surface area contributed by atoms with Crippen molar-refractivity contribution in [3.8, 4) is 22.9 Å². The number of carbonyl (C=O) groups is 2. The molecule has 176 valence electrons. The maximum absolute atomic E-state index is 12.7. The van der Waals surface area contributed by atoms with Crippen molar-refractivity contribution in [1.29, 1.82) is 0 Å². The zero-order valence-electron chi connectivity index (χ0n) is 18.2. The molecule has 0 saturated carbocycles. The van der Waals surface area contributed by atoms with Crippen molar-refractivity contribution >= 4 is 17.5 Å². The number of ether oxygens (including phenoxy) is 1. The lowest BCUT2D eigenvalue weighted by atomic mass is 10.1. The van der Waals surface area contributed by atoms with Gasteiger partial charge in [0.15, 0.2) is 11.6 Å². The summed E-state index contributed by atoms with van der Waals surface area (Å²) in [5.41, 5.74) is 5.30. The Morgan fingerprint density at radius 3 is 2.21 bits per heavy atom. The largest absolute Gasteiger partial charge is 0.457 e. The van der Waals surface area contributed by atoms with Crippen molar-refractivity contribution in [2.75, 3.05) is 11.4 Å². The van der Waals surface area contributed by atoms with E-state index in [1.54, 1.807) is 24.3 Å². The quantitative estimate of drug-likeness (QED) is 0.565. The van der Waals surface area contributed by atoms with Crippen LogP contribution in [0, 0.1) is 0 Å². The monoisotopic (exact) mass is 470 g/mol. The summed E-state index contributed by atoms with van der Waals surface area (Å²) in [7, 11) is 0. The highest BCUT2D eigenvalue weighted by atomic mass is 19.4. The van der Waals surface area contributed by atoms with Crippen LogP contribution in [0.2, 0.25) is 0 Å². The van der Waals surface area contributed by atoms with Gasteiger partial charge in [-0.3, -0.25) is 9.59 Å². The van der Waals surface area contributed by atoms with Crippen LogP contribution in [0.4, 0.5) is 19.0 Å². The molecule has 1 saturated heterocycles. The number of hydrogen-bond acceptors (Lipinski definition) is 6. The van der Waals surface area contributed by atoms with Gasteiger partial charge in [0.1, 0.15) is 23.0 Å². The average Bonchev–Trinajstić information content (AvgIpc) is 3.29. The van der Waals surface area contributed by atoms with Crippen LogP contribution in [0.1, 0.15) is 35.8 Å². The van der Waals surface area contributed by atoms with E-state index in [-0.39, 0.29) is 29.1 Å². The van der Waals surface area contributed by atoms with E-state index >= 15 is 0 Å². The van der Waals surface area contributed by atoms with E-state index in [1.807, 2.05) is 4.90 Å². The lowest BCUT2D eigenvalue weighted by Gasteiger charge is -2.24. The molecule has 1 aliphatic heterocycles. The molecule has 0 spiro atoms. The molecule has 34 heavy (non-hydrogen) atoms. The van der Waals surface area contributed by atoms with Crippen LogP contribution in [0.15, 0.2) is 54.6 Å². The van der Waals surface area contributed by atoms with Crippen LogP contribution in [-0.2, 0) is 11.0 Å². The fraction of sp³-hybridized carbons (Fsp3) is 0.250. The Kier molecular flexibility index (Phi) is 6.23. The summed E-state index contributed by atoms with van der Waals surface area (Å²) < 4.78 is 43.8. The van der Waals surface area contributed by atoms with E-state index < -0.39 is 17.6 Å².